The van der Waals surface area contributed by atoms with Gasteiger partial charge in [-0.1, -0.05) is 6.92 Å². The summed E-state index contributed by atoms with van der Waals surface area (Å²) < 4.78 is 7.36. The number of ether oxygens (including phenoxy) is 1. The number of nitrogens with zero attached hydrogens (tertiary/aromatic N) is 3. The molecule has 1 aliphatic heterocycles. The van der Waals surface area contributed by atoms with E-state index in [0.29, 0.717) is 25.8 Å². The molecule has 1 fully saturated rings. The zero-order chi connectivity index (χ0) is 14.5. The molecule has 0 aliphatic carbocycles. The second-order valence-electron chi connectivity index (χ2n) is 5.34. The first kappa shape index (κ1) is 15.0. The van der Waals surface area contributed by atoms with Crippen LogP contribution in [-0.4, -0.2) is 51.6 Å². The first-order valence-electron chi connectivity index (χ1n) is 7.17. The van der Waals surface area contributed by atoms with E-state index in [1.54, 1.807) is 0 Å². The molecule has 2 atom stereocenters. The van der Waals surface area contributed by atoms with Crippen LogP contribution >= 0.6 is 0 Å². The largest absolute Gasteiger partial charge is 0.481 e. The highest BCUT2D eigenvalue weighted by Gasteiger charge is 2.25. The van der Waals surface area contributed by atoms with Crippen molar-refractivity contribution in [2.75, 3.05) is 19.8 Å². The number of aliphatic carboxylic acids is 1. The van der Waals surface area contributed by atoms with Gasteiger partial charge in [0.15, 0.2) is 0 Å². The van der Waals surface area contributed by atoms with Crippen molar-refractivity contribution in [2.45, 2.75) is 45.3 Å². The van der Waals surface area contributed by atoms with Crippen molar-refractivity contribution in [1.29, 1.82) is 0 Å². The molecule has 2 heterocycles. The van der Waals surface area contributed by atoms with E-state index in [0.717, 1.165) is 18.7 Å². The van der Waals surface area contributed by atoms with Gasteiger partial charge >= 0.3 is 5.97 Å². The lowest BCUT2D eigenvalue weighted by atomic mass is 10.1. The van der Waals surface area contributed by atoms with Crippen LogP contribution < -0.4 is 0 Å². The Morgan fingerprint density at radius 2 is 2.45 bits per heavy atom. The standard InChI is InChI=1S/C14H23N3O3/c1-3-11(2)17-5-4-12(15-17)9-16-6-7-20-10-13(16)8-14(18)19/h4-5,11,13H,3,6-10H2,1-2H3,(H,18,19). The van der Waals surface area contributed by atoms with Crippen LogP contribution in [0.4, 0.5) is 0 Å². The molecule has 0 amide bonds. The van der Waals surface area contributed by atoms with E-state index < -0.39 is 5.97 Å². The smallest absolute Gasteiger partial charge is 0.305 e. The average molecular weight is 281 g/mol. The third-order valence-corrected chi connectivity index (χ3v) is 3.83. The highest BCUT2D eigenvalue weighted by Crippen LogP contribution is 2.15. The normalized spacial score (nSPS) is 21.8. The SMILES string of the molecule is CCC(C)n1ccc(CN2CCOCC2CC(=O)O)n1. The third-order valence-electron chi connectivity index (χ3n) is 3.83. The van der Waals surface area contributed by atoms with E-state index >= 15 is 0 Å². The predicted molar refractivity (Wildman–Crippen MR) is 74.5 cm³/mol. The first-order chi connectivity index (χ1) is 9.60. The number of rotatable bonds is 6. The summed E-state index contributed by atoms with van der Waals surface area (Å²) in [6.45, 7) is 6.86. The van der Waals surface area contributed by atoms with Gasteiger partial charge in [-0.15, -0.1) is 0 Å². The Morgan fingerprint density at radius 1 is 1.65 bits per heavy atom. The molecular formula is C14H23N3O3. The highest BCUT2D eigenvalue weighted by molar-refractivity contribution is 5.67. The van der Waals surface area contributed by atoms with Crippen molar-refractivity contribution in [3.63, 3.8) is 0 Å². The first-order valence-corrected chi connectivity index (χ1v) is 7.17. The van der Waals surface area contributed by atoms with Gasteiger partial charge in [0.1, 0.15) is 0 Å². The molecule has 1 aromatic rings. The molecule has 2 rings (SSSR count). The van der Waals surface area contributed by atoms with Crippen LogP contribution in [0.25, 0.3) is 0 Å². The molecule has 0 saturated carbocycles. The Morgan fingerprint density at radius 3 is 3.15 bits per heavy atom. The lowest BCUT2D eigenvalue weighted by Gasteiger charge is -2.34. The van der Waals surface area contributed by atoms with Crippen molar-refractivity contribution < 1.29 is 14.6 Å². The summed E-state index contributed by atoms with van der Waals surface area (Å²) >= 11 is 0. The van der Waals surface area contributed by atoms with E-state index in [-0.39, 0.29) is 12.5 Å². The van der Waals surface area contributed by atoms with E-state index in [2.05, 4.69) is 23.8 Å². The number of hydrogen-bond acceptors (Lipinski definition) is 4. The molecular weight excluding hydrogens is 258 g/mol. The summed E-state index contributed by atoms with van der Waals surface area (Å²) in [5.41, 5.74) is 0.989. The van der Waals surface area contributed by atoms with Crippen LogP contribution in [0.3, 0.4) is 0 Å². The molecule has 0 spiro atoms. The van der Waals surface area contributed by atoms with Crippen molar-refractivity contribution in [3.05, 3.63) is 18.0 Å². The Hall–Kier alpha value is -1.40. The fourth-order valence-electron chi connectivity index (χ4n) is 2.39. The molecule has 1 N–H and O–H groups in total. The Bertz CT molecular complexity index is 447. The van der Waals surface area contributed by atoms with Gasteiger partial charge in [0, 0.05) is 31.4 Å². The van der Waals surface area contributed by atoms with Crippen molar-refractivity contribution in [3.8, 4) is 0 Å². The second-order valence-corrected chi connectivity index (χ2v) is 5.34. The molecule has 1 aliphatic rings. The lowest BCUT2D eigenvalue weighted by Crippen LogP contribution is -2.45. The maximum Gasteiger partial charge on any atom is 0.305 e. The van der Waals surface area contributed by atoms with Crippen molar-refractivity contribution in [1.82, 2.24) is 14.7 Å². The minimum absolute atomic E-state index is 0.0602. The van der Waals surface area contributed by atoms with Crippen molar-refractivity contribution >= 4 is 5.97 Å². The molecule has 6 heteroatoms. The quantitative estimate of drug-likeness (QED) is 0.856. The van der Waals surface area contributed by atoms with Gasteiger partial charge in [0.2, 0.25) is 0 Å². The molecule has 1 saturated heterocycles. The number of hydrogen-bond donors (Lipinski definition) is 1. The average Bonchev–Trinajstić information content (AvgIpc) is 2.88. The molecule has 0 bridgehead atoms. The fraction of sp³-hybridized carbons (Fsp3) is 0.714. The summed E-state index contributed by atoms with van der Waals surface area (Å²) in [5.74, 6) is -0.782. The fourth-order valence-corrected chi connectivity index (χ4v) is 2.39. The van der Waals surface area contributed by atoms with Crippen LogP contribution in [0, 0.1) is 0 Å². The summed E-state index contributed by atoms with van der Waals surface area (Å²) in [6, 6.07) is 2.35. The summed E-state index contributed by atoms with van der Waals surface area (Å²) in [6.07, 6.45) is 3.16. The van der Waals surface area contributed by atoms with Gasteiger partial charge in [0.25, 0.3) is 0 Å². The van der Waals surface area contributed by atoms with Gasteiger partial charge in [-0.2, -0.15) is 5.10 Å². The summed E-state index contributed by atoms with van der Waals surface area (Å²) in [7, 11) is 0. The number of morpholine rings is 1. The van der Waals surface area contributed by atoms with E-state index in [1.165, 1.54) is 0 Å². The van der Waals surface area contributed by atoms with E-state index in [4.69, 9.17) is 9.84 Å². The summed E-state index contributed by atoms with van der Waals surface area (Å²) in [5, 5.41) is 13.5. The third kappa shape index (κ3) is 3.80. The molecule has 112 valence electrons. The van der Waals surface area contributed by atoms with Gasteiger partial charge in [0.05, 0.1) is 25.3 Å². The van der Waals surface area contributed by atoms with Gasteiger partial charge in [-0.3, -0.25) is 14.4 Å². The number of carboxylic acids is 1. The van der Waals surface area contributed by atoms with Crippen LogP contribution in [0.5, 0.6) is 0 Å². The van der Waals surface area contributed by atoms with Gasteiger partial charge in [-0.05, 0) is 19.4 Å². The van der Waals surface area contributed by atoms with E-state index in [1.807, 2.05) is 16.9 Å². The Balaban J connectivity index is 1.99. The van der Waals surface area contributed by atoms with E-state index in [9.17, 15) is 4.79 Å². The Labute approximate surface area is 119 Å². The minimum atomic E-state index is -0.782. The molecule has 2 unspecified atom stereocenters. The van der Waals surface area contributed by atoms with Gasteiger partial charge < -0.3 is 9.84 Å². The minimum Gasteiger partial charge on any atom is -0.481 e. The van der Waals surface area contributed by atoms with Crippen molar-refractivity contribution in [2.24, 2.45) is 0 Å². The number of aromatic nitrogens is 2. The summed E-state index contributed by atoms with van der Waals surface area (Å²) in [4.78, 5) is 13.0. The van der Waals surface area contributed by atoms with Crippen LogP contribution in [-0.2, 0) is 16.1 Å². The Kier molecular flexibility index (Phi) is 5.14. The molecule has 0 radical (unpaired) electrons. The lowest BCUT2D eigenvalue weighted by molar-refractivity contribution is -0.140. The number of carboxylic acid groups (broad SMARTS) is 1. The number of carbonyl (C=O) groups is 1. The highest BCUT2D eigenvalue weighted by atomic mass is 16.5. The zero-order valence-corrected chi connectivity index (χ0v) is 12.2. The molecule has 0 aromatic carbocycles. The monoisotopic (exact) mass is 281 g/mol. The second kappa shape index (κ2) is 6.85. The van der Waals surface area contributed by atoms with Crippen LogP contribution in [0.1, 0.15) is 38.4 Å². The molecule has 1 aromatic heterocycles. The maximum absolute atomic E-state index is 10.9. The molecule has 20 heavy (non-hydrogen) atoms. The van der Waals surface area contributed by atoms with Crippen LogP contribution in [0.2, 0.25) is 0 Å². The molecule has 6 nitrogen and oxygen atoms in total. The maximum atomic E-state index is 10.9. The zero-order valence-electron chi connectivity index (χ0n) is 12.2. The topological polar surface area (TPSA) is 67.6 Å². The predicted octanol–water partition coefficient (Wildman–Crippen LogP) is 1.53. The van der Waals surface area contributed by atoms with Crippen LogP contribution in [0.15, 0.2) is 12.3 Å². The van der Waals surface area contributed by atoms with Gasteiger partial charge in [-0.25, -0.2) is 0 Å².